The zero-order chi connectivity index (χ0) is 10.7. The highest BCUT2D eigenvalue weighted by Gasteiger charge is 2.17. The standard InChI is InChI=1S/C13H17NO/c1-10(9-14)8-13-12-5-3-2-4-11(12)6-7-15-13/h2-5,8,13H,6-7,9,14H2,1H3/b10-8-. The van der Waals surface area contributed by atoms with Crippen molar-refractivity contribution in [3.05, 3.63) is 47.0 Å². The van der Waals surface area contributed by atoms with Crippen LogP contribution in [0.2, 0.25) is 0 Å². The SMILES string of the molecule is C/C(=C/C1OCCc2ccccc21)CN. The second-order valence-electron chi connectivity index (χ2n) is 3.96. The largest absolute Gasteiger partial charge is 0.369 e. The number of benzene rings is 1. The van der Waals surface area contributed by atoms with Crippen LogP contribution >= 0.6 is 0 Å². The van der Waals surface area contributed by atoms with Gasteiger partial charge in [0.05, 0.1) is 6.61 Å². The van der Waals surface area contributed by atoms with Crippen molar-refractivity contribution in [2.24, 2.45) is 5.73 Å². The van der Waals surface area contributed by atoms with Crippen LogP contribution in [-0.2, 0) is 11.2 Å². The molecule has 1 aromatic rings. The van der Waals surface area contributed by atoms with Crippen molar-refractivity contribution in [3.63, 3.8) is 0 Å². The minimum Gasteiger partial charge on any atom is -0.369 e. The van der Waals surface area contributed by atoms with E-state index in [1.807, 2.05) is 6.92 Å². The highest BCUT2D eigenvalue weighted by molar-refractivity contribution is 5.33. The van der Waals surface area contributed by atoms with E-state index in [0.29, 0.717) is 6.54 Å². The van der Waals surface area contributed by atoms with Crippen LogP contribution in [0.4, 0.5) is 0 Å². The van der Waals surface area contributed by atoms with Gasteiger partial charge in [0, 0.05) is 6.54 Å². The molecule has 1 heterocycles. The van der Waals surface area contributed by atoms with E-state index in [9.17, 15) is 0 Å². The molecule has 1 aromatic carbocycles. The van der Waals surface area contributed by atoms with Gasteiger partial charge < -0.3 is 10.5 Å². The van der Waals surface area contributed by atoms with E-state index in [1.165, 1.54) is 16.7 Å². The summed E-state index contributed by atoms with van der Waals surface area (Å²) in [6.07, 6.45) is 3.23. The van der Waals surface area contributed by atoms with E-state index < -0.39 is 0 Å². The molecule has 0 aromatic heterocycles. The number of hydrogen-bond acceptors (Lipinski definition) is 2. The van der Waals surface area contributed by atoms with Gasteiger partial charge in [-0.3, -0.25) is 0 Å². The van der Waals surface area contributed by atoms with Gasteiger partial charge in [-0.05, 0) is 24.5 Å². The van der Waals surface area contributed by atoms with Gasteiger partial charge in [0.15, 0.2) is 0 Å². The van der Waals surface area contributed by atoms with Crippen LogP contribution in [0.5, 0.6) is 0 Å². The van der Waals surface area contributed by atoms with Crippen LogP contribution in [0.15, 0.2) is 35.9 Å². The van der Waals surface area contributed by atoms with Gasteiger partial charge in [-0.25, -0.2) is 0 Å². The van der Waals surface area contributed by atoms with Crippen molar-refractivity contribution < 1.29 is 4.74 Å². The third-order valence-corrected chi connectivity index (χ3v) is 2.79. The summed E-state index contributed by atoms with van der Waals surface area (Å²) in [6.45, 7) is 3.44. The molecule has 0 aliphatic carbocycles. The Kier molecular flexibility index (Phi) is 3.19. The molecule has 1 aliphatic heterocycles. The van der Waals surface area contributed by atoms with Gasteiger partial charge in [-0.1, -0.05) is 35.9 Å². The number of nitrogens with two attached hydrogens (primary N) is 1. The first-order valence-electron chi connectivity index (χ1n) is 5.38. The Morgan fingerprint density at radius 2 is 2.33 bits per heavy atom. The fraction of sp³-hybridized carbons (Fsp3) is 0.385. The molecule has 1 aliphatic rings. The molecule has 0 bridgehead atoms. The Morgan fingerprint density at radius 1 is 1.53 bits per heavy atom. The zero-order valence-corrected chi connectivity index (χ0v) is 9.07. The molecule has 2 heteroatoms. The first-order chi connectivity index (χ1) is 7.31. The maximum Gasteiger partial charge on any atom is 0.101 e. The predicted octanol–water partition coefficient (Wildman–Crippen LogP) is 2.21. The molecular weight excluding hydrogens is 186 g/mol. The van der Waals surface area contributed by atoms with Crippen molar-refractivity contribution in [1.29, 1.82) is 0 Å². The average Bonchev–Trinajstić information content (AvgIpc) is 2.29. The molecule has 0 spiro atoms. The van der Waals surface area contributed by atoms with Crippen LogP contribution in [0.1, 0.15) is 24.2 Å². The Bertz CT molecular complexity index is 371. The van der Waals surface area contributed by atoms with E-state index in [1.54, 1.807) is 0 Å². The number of rotatable bonds is 2. The maximum atomic E-state index is 5.74. The number of fused-ring (bicyclic) bond motifs is 1. The normalized spacial score (nSPS) is 21.2. The lowest BCUT2D eigenvalue weighted by molar-refractivity contribution is 0.0744. The lowest BCUT2D eigenvalue weighted by Gasteiger charge is -2.24. The van der Waals surface area contributed by atoms with Gasteiger partial charge in [-0.2, -0.15) is 0 Å². The molecule has 0 fully saturated rings. The first kappa shape index (κ1) is 10.4. The summed E-state index contributed by atoms with van der Waals surface area (Å²) < 4.78 is 5.74. The van der Waals surface area contributed by atoms with Gasteiger partial charge in [0.2, 0.25) is 0 Å². The van der Waals surface area contributed by atoms with Crippen molar-refractivity contribution in [3.8, 4) is 0 Å². The fourth-order valence-electron chi connectivity index (χ4n) is 1.89. The van der Waals surface area contributed by atoms with E-state index in [2.05, 4.69) is 30.3 Å². The molecule has 0 saturated heterocycles. The van der Waals surface area contributed by atoms with Crippen LogP contribution in [-0.4, -0.2) is 13.2 Å². The second-order valence-corrected chi connectivity index (χ2v) is 3.96. The summed E-state index contributed by atoms with van der Waals surface area (Å²) in [5.74, 6) is 0. The summed E-state index contributed by atoms with van der Waals surface area (Å²) in [7, 11) is 0. The molecule has 15 heavy (non-hydrogen) atoms. The summed E-state index contributed by atoms with van der Waals surface area (Å²) in [5.41, 5.74) is 9.45. The smallest absolute Gasteiger partial charge is 0.101 e. The monoisotopic (exact) mass is 203 g/mol. The summed E-state index contributed by atoms with van der Waals surface area (Å²) in [6, 6.07) is 8.46. The molecule has 2 rings (SSSR count). The topological polar surface area (TPSA) is 35.2 Å². The molecule has 1 unspecified atom stereocenters. The summed E-state index contributed by atoms with van der Waals surface area (Å²) >= 11 is 0. The van der Waals surface area contributed by atoms with Crippen molar-refractivity contribution in [2.75, 3.05) is 13.2 Å². The Hall–Kier alpha value is -1.12. The van der Waals surface area contributed by atoms with Crippen LogP contribution in [0, 0.1) is 0 Å². The van der Waals surface area contributed by atoms with Gasteiger partial charge in [-0.15, -0.1) is 0 Å². The summed E-state index contributed by atoms with van der Waals surface area (Å²) in [5, 5.41) is 0. The van der Waals surface area contributed by atoms with E-state index >= 15 is 0 Å². The van der Waals surface area contributed by atoms with Crippen molar-refractivity contribution in [1.82, 2.24) is 0 Å². The zero-order valence-electron chi connectivity index (χ0n) is 9.07. The molecule has 80 valence electrons. The van der Waals surface area contributed by atoms with Crippen LogP contribution in [0.25, 0.3) is 0 Å². The van der Waals surface area contributed by atoms with Crippen LogP contribution < -0.4 is 5.73 Å². The molecule has 0 amide bonds. The summed E-state index contributed by atoms with van der Waals surface area (Å²) in [4.78, 5) is 0. The Labute approximate surface area is 90.7 Å². The lowest BCUT2D eigenvalue weighted by Crippen LogP contribution is -2.15. The second kappa shape index (κ2) is 4.60. The highest BCUT2D eigenvalue weighted by atomic mass is 16.5. The van der Waals surface area contributed by atoms with Crippen molar-refractivity contribution in [2.45, 2.75) is 19.4 Å². The minimum absolute atomic E-state index is 0.0958. The van der Waals surface area contributed by atoms with E-state index in [-0.39, 0.29) is 6.10 Å². The fourth-order valence-corrected chi connectivity index (χ4v) is 1.89. The van der Waals surface area contributed by atoms with E-state index in [0.717, 1.165) is 13.0 Å². The molecule has 1 atom stereocenters. The first-order valence-corrected chi connectivity index (χ1v) is 5.38. The highest BCUT2D eigenvalue weighted by Crippen LogP contribution is 2.28. The molecule has 2 nitrogen and oxygen atoms in total. The Balaban J connectivity index is 2.30. The van der Waals surface area contributed by atoms with Gasteiger partial charge in [0.25, 0.3) is 0 Å². The third kappa shape index (κ3) is 2.28. The number of hydrogen-bond donors (Lipinski definition) is 1. The number of ether oxygens (including phenoxy) is 1. The molecule has 0 radical (unpaired) electrons. The van der Waals surface area contributed by atoms with Gasteiger partial charge >= 0.3 is 0 Å². The maximum absolute atomic E-state index is 5.74. The molecule has 2 N–H and O–H groups in total. The molecule has 0 saturated carbocycles. The van der Waals surface area contributed by atoms with Gasteiger partial charge in [0.1, 0.15) is 6.10 Å². The van der Waals surface area contributed by atoms with E-state index in [4.69, 9.17) is 10.5 Å². The predicted molar refractivity (Wildman–Crippen MR) is 61.7 cm³/mol. The van der Waals surface area contributed by atoms with Crippen molar-refractivity contribution >= 4 is 0 Å². The third-order valence-electron chi connectivity index (χ3n) is 2.79. The minimum atomic E-state index is 0.0958. The van der Waals surface area contributed by atoms with Crippen LogP contribution in [0.3, 0.4) is 0 Å². The average molecular weight is 203 g/mol. The quantitative estimate of drug-likeness (QED) is 0.748. The lowest BCUT2D eigenvalue weighted by atomic mass is 9.96. The Morgan fingerprint density at radius 3 is 3.13 bits per heavy atom. The molecular formula is C13H17NO.